The van der Waals surface area contributed by atoms with Crippen LogP contribution in [-0.4, -0.2) is 12.9 Å². The van der Waals surface area contributed by atoms with E-state index < -0.39 is 0 Å². The molecule has 0 fully saturated rings. The number of allylic oxidation sites excluding steroid dienone is 1. The SMILES string of the molecule is C=C(C)c1ccc(OC(CCC)OCC)cc1. The number of hydrogen-bond acceptors (Lipinski definition) is 2. The molecule has 1 aromatic carbocycles. The molecule has 0 saturated carbocycles. The molecule has 0 aliphatic carbocycles. The zero-order valence-corrected chi connectivity index (χ0v) is 11.0. The highest BCUT2D eigenvalue weighted by Gasteiger charge is 2.08. The Bertz CT molecular complexity index is 334. The van der Waals surface area contributed by atoms with Crippen LogP contribution in [0, 0.1) is 0 Å². The highest BCUT2D eigenvalue weighted by molar-refractivity contribution is 5.61. The maximum atomic E-state index is 5.78. The molecule has 0 aromatic heterocycles. The fourth-order valence-electron chi connectivity index (χ4n) is 1.57. The first-order chi connectivity index (χ1) is 8.17. The summed E-state index contributed by atoms with van der Waals surface area (Å²) in [6.45, 7) is 10.7. The van der Waals surface area contributed by atoms with Crippen LogP contribution >= 0.6 is 0 Å². The second kappa shape index (κ2) is 7.13. The van der Waals surface area contributed by atoms with Gasteiger partial charge in [-0.3, -0.25) is 0 Å². The van der Waals surface area contributed by atoms with Gasteiger partial charge in [0.05, 0.1) is 0 Å². The number of rotatable bonds is 7. The highest BCUT2D eigenvalue weighted by Crippen LogP contribution is 2.19. The van der Waals surface area contributed by atoms with Crippen molar-refractivity contribution in [2.24, 2.45) is 0 Å². The van der Waals surface area contributed by atoms with Crippen LogP contribution in [0.2, 0.25) is 0 Å². The van der Waals surface area contributed by atoms with Gasteiger partial charge in [-0.2, -0.15) is 0 Å². The Hall–Kier alpha value is -1.28. The van der Waals surface area contributed by atoms with Crippen LogP contribution in [-0.2, 0) is 4.74 Å². The molecular formula is C15H22O2. The lowest BCUT2D eigenvalue weighted by Crippen LogP contribution is -2.20. The van der Waals surface area contributed by atoms with Crippen molar-refractivity contribution in [1.29, 1.82) is 0 Å². The monoisotopic (exact) mass is 234 g/mol. The maximum Gasteiger partial charge on any atom is 0.199 e. The fourth-order valence-corrected chi connectivity index (χ4v) is 1.57. The quantitative estimate of drug-likeness (QED) is 0.656. The van der Waals surface area contributed by atoms with Crippen molar-refractivity contribution in [2.75, 3.05) is 6.61 Å². The Balaban J connectivity index is 2.62. The topological polar surface area (TPSA) is 18.5 Å². The molecule has 0 saturated heterocycles. The Labute approximate surface area is 104 Å². The number of benzene rings is 1. The summed E-state index contributed by atoms with van der Waals surface area (Å²) in [7, 11) is 0. The Morgan fingerprint density at radius 3 is 2.35 bits per heavy atom. The summed E-state index contributed by atoms with van der Waals surface area (Å²) in [5.41, 5.74) is 2.20. The predicted molar refractivity (Wildman–Crippen MR) is 72.1 cm³/mol. The molecule has 0 heterocycles. The van der Waals surface area contributed by atoms with Crippen LogP contribution in [0.5, 0.6) is 5.75 Å². The Morgan fingerprint density at radius 1 is 1.24 bits per heavy atom. The summed E-state index contributed by atoms with van der Waals surface area (Å²) in [6, 6.07) is 7.97. The van der Waals surface area contributed by atoms with Crippen LogP contribution < -0.4 is 4.74 Å². The molecule has 0 spiro atoms. The van der Waals surface area contributed by atoms with Gasteiger partial charge in [0.25, 0.3) is 0 Å². The lowest BCUT2D eigenvalue weighted by atomic mass is 10.1. The lowest BCUT2D eigenvalue weighted by Gasteiger charge is -2.18. The van der Waals surface area contributed by atoms with Crippen molar-refractivity contribution in [3.63, 3.8) is 0 Å². The second-order valence-corrected chi connectivity index (χ2v) is 4.10. The van der Waals surface area contributed by atoms with E-state index in [9.17, 15) is 0 Å². The highest BCUT2D eigenvalue weighted by atomic mass is 16.7. The third kappa shape index (κ3) is 4.61. The minimum Gasteiger partial charge on any atom is -0.465 e. The summed E-state index contributed by atoms with van der Waals surface area (Å²) in [6.07, 6.45) is 1.82. The molecule has 94 valence electrons. The van der Waals surface area contributed by atoms with Gasteiger partial charge in [-0.25, -0.2) is 0 Å². The van der Waals surface area contributed by atoms with Crippen molar-refractivity contribution in [3.05, 3.63) is 36.4 Å². The Morgan fingerprint density at radius 2 is 1.88 bits per heavy atom. The van der Waals surface area contributed by atoms with Gasteiger partial charge in [-0.1, -0.05) is 37.6 Å². The molecule has 1 aromatic rings. The van der Waals surface area contributed by atoms with Crippen molar-refractivity contribution in [1.82, 2.24) is 0 Å². The van der Waals surface area contributed by atoms with E-state index in [1.807, 2.05) is 38.1 Å². The van der Waals surface area contributed by atoms with Crippen molar-refractivity contribution >= 4 is 5.57 Å². The molecular weight excluding hydrogens is 212 g/mol. The lowest BCUT2D eigenvalue weighted by molar-refractivity contribution is -0.0798. The first-order valence-electron chi connectivity index (χ1n) is 6.21. The van der Waals surface area contributed by atoms with E-state index in [2.05, 4.69) is 13.5 Å². The smallest absolute Gasteiger partial charge is 0.199 e. The minimum atomic E-state index is -0.138. The van der Waals surface area contributed by atoms with Crippen LogP contribution in [0.1, 0.15) is 39.2 Å². The minimum absolute atomic E-state index is 0.138. The van der Waals surface area contributed by atoms with Gasteiger partial charge < -0.3 is 9.47 Å². The van der Waals surface area contributed by atoms with E-state index in [1.165, 1.54) is 0 Å². The van der Waals surface area contributed by atoms with Crippen molar-refractivity contribution < 1.29 is 9.47 Å². The van der Waals surface area contributed by atoms with Gasteiger partial charge in [0, 0.05) is 13.0 Å². The zero-order chi connectivity index (χ0) is 12.7. The van der Waals surface area contributed by atoms with Crippen molar-refractivity contribution in [2.45, 2.75) is 39.9 Å². The van der Waals surface area contributed by atoms with Crippen LogP contribution in [0.25, 0.3) is 5.57 Å². The molecule has 0 aliphatic rings. The number of ether oxygens (including phenoxy) is 2. The summed E-state index contributed by atoms with van der Waals surface area (Å²) in [5.74, 6) is 0.849. The molecule has 1 rings (SSSR count). The fraction of sp³-hybridized carbons (Fsp3) is 0.467. The predicted octanol–water partition coefficient (Wildman–Crippen LogP) is 4.26. The van der Waals surface area contributed by atoms with Gasteiger partial charge in [-0.15, -0.1) is 0 Å². The standard InChI is InChI=1S/C15H22O2/c1-5-7-15(16-6-2)17-14-10-8-13(9-11-14)12(3)4/h8-11,15H,3,5-7H2,1-2,4H3. The van der Waals surface area contributed by atoms with Gasteiger partial charge >= 0.3 is 0 Å². The molecule has 2 nitrogen and oxygen atoms in total. The van der Waals surface area contributed by atoms with E-state index in [0.29, 0.717) is 6.61 Å². The normalized spacial score (nSPS) is 12.2. The summed E-state index contributed by atoms with van der Waals surface area (Å²) in [4.78, 5) is 0. The molecule has 0 radical (unpaired) electrons. The van der Waals surface area contributed by atoms with Crippen LogP contribution in [0.4, 0.5) is 0 Å². The van der Waals surface area contributed by atoms with Gasteiger partial charge in [0.15, 0.2) is 6.29 Å². The molecule has 0 aliphatic heterocycles. The largest absolute Gasteiger partial charge is 0.465 e. The average molecular weight is 234 g/mol. The van der Waals surface area contributed by atoms with Gasteiger partial charge in [-0.05, 0) is 31.5 Å². The summed E-state index contributed by atoms with van der Waals surface area (Å²) >= 11 is 0. The molecule has 0 bridgehead atoms. The van der Waals surface area contributed by atoms with E-state index in [-0.39, 0.29) is 6.29 Å². The third-order valence-electron chi connectivity index (χ3n) is 2.49. The van der Waals surface area contributed by atoms with E-state index in [0.717, 1.165) is 29.7 Å². The summed E-state index contributed by atoms with van der Waals surface area (Å²) < 4.78 is 11.3. The van der Waals surface area contributed by atoms with E-state index in [4.69, 9.17) is 9.47 Å². The Kier molecular flexibility index (Phi) is 5.78. The average Bonchev–Trinajstić information content (AvgIpc) is 2.30. The summed E-state index contributed by atoms with van der Waals surface area (Å²) in [5, 5.41) is 0. The number of hydrogen-bond donors (Lipinski definition) is 0. The molecule has 17 heavy (non-hydrogen) atoms. The van der Waals surface area contributed by atoms with Crippen molar-refractivity contribution in [3.8, 4) is 5.75 Å². The molecule has 0 N–H and O–H groups in total. The first-order valence-corrected chi connectivity index (χ1v) is 6.21. The maximum absolute atomic E-state index is 5.78. The third-order valence-corrected chi connectivity index (χ3v) is 2.49. The van der Waals surface area contributed by atoms with E-state index in [1.54, 1.807) is 0 Å². The van der Waals surface area contributed by atoms with Crippen LogP contribution in [0.3, 0.4) is 0 Å². The molecule has 2 heteroatoms. The molecule has 0 amide bonds. The molecule has 1 atom stereocenters. The van der Waals surface area contributed by atoms with Gasteiger partial charge in [0.1, 0.15) is 5.75 Å². The van der Waals surface area contributed by atoms with E-state index >= 15 is 0 Å². The first kappa shape index (κ1) is 13.8. The second-order valence-electron chi connectivity index (χ2n) is 4.10. The van der Waals surface area contributed by atoms with Gasteiger partial charge in [0.2, 0.25) is 0 Å². The van der Waals surface area contributed by atoms with Crippen LogP contribution in [0.15, 0.2) is 30.8 Å². The molecule has 1 unspecified atom stereocenters. The zero-order valence-electron chi connectivity index (χ0n) is 11.0.